The molecular formula is C21H27N3O3. The first-order valence-corrected chi connectivity index (χ1v) is 9.27. The lowest BCUT2D eigenvalue weighted by Crippen LogP contribution is -2.37. The summed E-state index contributed by atoms with van der Waals surface area (Å²) >= 11 is 0. The van der Waals surface area contributed by atoms with Crippen LogP contribution in [0.2, 0.25) is 0 Å². The average molecular weight is 369 g/mol. The Labute approximate surface area is 160 Å². The standard InChI is InChI=1S/C21H27N3O3/c1-14(18-11-17(26-2)8-9-19(18)27-3)24-20(25)13-23-21(15-6-7-15)16-5-4-10-22-12-16/h4-5,8-12,14-15,21,23H,6-7,13H2,1-3H3,(H,24,25)/t14-,21-/m1/s1. The molecule has 0 saturated heterocycles. The number of carbonyl (C=O) groups is 1. The Kier molecular flexibility index (Phi) is 6.29. The number of ether oxygens (including phenoxy) is 2. The van der Waals surface area contributed by atoms with Crippen LogP contribution in [0.15, 0.2) is 42.7 Å². The van der Waals surface area contributed by atoms with Crippen LogP contribution in [0.4, 0.5) is 0 Å². The number of methoxy groups -OCH3 is 2. The number of aromatic nitrogens is 1. The highest BCUT2D eigenvalue weighted by Gasteiger charge is 2.32. The van der Waals surface area contributed by atoms with Gasteiger partial charge in [0.05, 0.1) is 26.8 Å². The fourth-order valence-corrected chi connectivity index (χ4v) is 3.30. The lowest BCUT2D eigenvalue weighted by atomic mass is 10.0. The molecule has 6 nitrogen and oxygen atoms in total. The van der Waals surface area contributed by atoms with Gasteiger partial charge >= 0.3 is 0 Å². The number of pyridine rings is 1. The minimum Gasteiger partial charge on any atom is -0.497 e. The Balaban J connectivity index is 1.60. The van der Waals surface area contributed by atoms with Crippen LogP contribution in [0, 0.1) is 5.92 Å². The van der Waals surface area contributed by atoms with Crippen molar-refractivity contribution in [2.75, 3.05) is 20.8 Å². The SMILES string of the molecule is COc1ccc(OC)c([C@@H](C)NC(=O)CN[C@@H](c2cccnc2)C2CC2)c1. The monoisotopic (exact) mass is 369 g/mol. The molecule has 1 aromatic heterocycles. The van der Waals surface area contributed by atoms with E-state index in [9.17, 15) is 4.79 Å². The van der Waals surface area contributed by atoms with E-state index >= 15 is 0 Å². The van der Waals surface area contributed by atoms with E-state index < -0.39 is 0 Å². The van der Waals surface area contributed by atoms with E-state index in [1.54, 1.807) is 20.4 Å². The Bertz CT molecular complexity index is 763. The highest BCUT2D eigenvalue weighted by atomic mass is 16.5. The van der Waals surface area contributed by atoms with Gasteiger partial charge in [-0.25, -0.2) is 0 Å². The summed E-state index contributed by atoms with van der Waals surface area (Å²) in [5.74, 6) is 1.98. The van der Waals surface area contributed by atoms with Crippen LogP contribution in [0.5, 0.6) is 11.5 Å². The van der Waals surface area contributed by atoms with Crippen LogP contribution < -0.4 is 20.1 Å². The molecule has 1 aliphatic rings. The fourth-order valence-electron chi connectivity index (χ4n) is 3.30. The van der Waals surface area contributed by atoms with Crippen molar-refractivity contribution >= 4 is 5.91 Å². The molecular weight excluding hydrogens is 342 g/mol. The molecule has 1 saturated carbocycles. The minimum absolute atomic E-state index is 0.0538. The Morgan fingerprint density at radius 3 is 2.70 bits per heavy atom. The number of carbonyl (C=O) groups excluding carboxylic acids is 1. The summed E-state index contributed by atoms with van der Waals surface area (Å²) in [6, 6.07) is 9.55. The summed E-state index contributed by atoms with van der Waals surface area (Å²) in [7, 11) is 3.24. The largest absolute Gasteiger partial charge is 0.497 e. The quantitative estimate of drug-likeness (QED) is 0.711. The minimum atomic E-state index is -0.192. The van der Waals surface area contributed by atoms with E-state index in [2.05, 4.69) is 21.7 Å². The summed E-state index contributed by atoms with van der Waals surface area (Å²) in [4.78, 5) is 16.7. The molecule has 0 radical (unpaired) electrons. The smallest absolute Gasteiger partial charge is 0.234 e. The normalized spacial score (nSPS) is 15.7. The molecule has 3 rings (SSSR count). The molecule has 2 aromatic rings. The third-order valence-corrected chi connectivity index (χ3v) is 4.90. The van der Waals surface area contributed by atoms with Crippen molar-refractivity contribution < 1.29 is 14.3 Å². The number of nitrogens with one attached hydrogen (secondary N) is 2. The third kappa shape index (κ3) is 4.98. The summed E-state index contributed by atoms with van der Waals surface area (Å²) in [5.41, 5.74) is 2.02. The van der Waals surface area contributed by atoms with Crippen molar-refractivity contribution in [1.29, 1.82) is 0 Å². The molecule has 1 amide bonds. The van der Waals surface area contributed by atoms with Crippen molar-refractivity contribution in [2.24, 2.45) is 5.92 Å². The molecule has 144 valence electrons. The van der Waals surface area contributed by atoms with E-state index in [0.29, 0.717) is 5.92 Å². The van der Waals surface area contributed by atoms with E-state index in [1.165, 1.54) is 12.8 Å². The molecule has 0 bridgehead atoms. The highest BCUT2D eigenvalue weighted by Crippen LogP contribution is 2.40. The summed E-state index contributed by atoms with van der Waals surface area (Å²) in [6.07, 6.45) is 6.01. The van der Waals surface area contributed by atoms with Crippen molar-refractivity contribution in [3.63, 3.8) is 0 Å². The predicted octanol–water partition coefficient (Wildman–Crippen LogP) is 3.02. The first-order chi connectivity index (χ1) is 13.1. The second-order valence-electron chi connectivity index (χ2n) is 6.88. The van der Waals surface area contributed by atoms with Crippen molar-refractivity contribution in [3.05, 3.63) is 53.9 Å². The maximum absolute atomic E-state index is 12.5. The molecule has 1 aromatic carbocycles. The fraction of sp³-hybridized carbons (Fsp3) is 0.429. The zero-order valence-corrected chi connectivity index (χ0v) is 16.1. The number of benzene rings is 1. The highest BCUT2D eigenvalue weighted by molar-refractivity contribution is 5.78. The maximum Gasteiger partial charge on any atom is 0.234 e. The van der Waals surface area contributed by atoms with Crippen molar-refractivity contribution in [3.8, 4) is 11.5 Å². The van der Waals surface area contributed by atoms with Gasteiger partial charge in [0.15, 0.2) is 0 Å². The molecule has 6 heteroatoms. The second-order valence-corrected chi connectivity index (χ2v) is 6.88. The van der Waals surface area contributed by atoms with Gasteiger partial charge < -0.3 is 20.1 Å². The number of hydrogen-bond acceptors (Lipinski definition) is 5. The number of nitrogens with zero attached hydrogens (tertiary/aromatic N) is 1. The topological polar surface area (TPSA) is 72.5 Å². The van der Waals surface area contributed by atoms with Crippen LogP contribution in [0.3, 0.4) is 0 Å². The van der Waals surface area contributed by atoms with E-state index in [1.807, 2.05) is 37.4 Å². The van der Waals surface area contributed by atoms with Gasteiger partial charge in [-0.2, -0.15) is 0 Å². The van der Waals surface area contributed by atoms with Crippen molar-refractivity contribution in [2.45, 2.75) is 31.8 Å². The zero-order valence-electron chi connectivity index (χ0n) is 16.1. The number of amides is 1. The first-order valence-electron chi connectivity index (χ1n) is 9.27. The van der Waals surface area contributed by atoms with Crippen molar-refractivity contribution in [1.82, 2.24) is 15.6 Å². The summed E-state index contributed by atoms with van der Waals surface area (Å²) in [6.45, 7) is 2.20. The van der Waals surface area contributed by atoms with Gasteiger partial charge in [0.25, 0.3) is 0 Å². The molecule has 1 fully saturated rings. The Morgan fingerprint density at radius 1 is 1.26 bits per heavy atom. The molecule has 2 N–H and O–H groups in total. The summed E-state index contributed by atoms with van der Waals surface area (Å²) < 4.78 is 10.7. The first kappa shape index (κ1) is 19.2. The van der Waals surface area contributed by atoms with Gasteiger partial charge in [0.2, 0.25) is 5.91 Å². The van der Waals surface area contributed by atoms with E-state index in [-0.39, 0.29) is 24.5 Å². The number of rotatable bonds is 9. The third-order valence-electron chi connectivity index (χ3n) is 4.90. The van der Waals surface area contributed by atoms with Crippen LogP contribution in [-0.4, -0.2) is 31.7 Å². The van der Waals surface area contributed by atoms with Gasteiger partial charge in [-0.05, 0) is 55.5 Å². The molecule has 0 spiro atoms. The Hall–Kier alpha value is -2.60. The lowest BCUT2D eigenvalue weighted by molar-refractivity contribution is -0.121. The van der Waals surface area contributed by atoms with Gasteiger partial charge in [0, 0.05) is 24.0 Å². The summed E-state index contributed by atoms with van der Waals surface area (Å²) in [5, 5.41) is 6.43. The molecule has 1 aliphatic carbocycles. The van der Waals surface area contributed by atoms with Crippen LogP contribution in [-0.2, 0) is 4.79 Å². The molecule has 1 heterocycles. The van der Waals surface area contributed by atoms with Gasteiger partial charge in [-0.3, -0.25) is 9.78 Å². The van der Waals surface area contributed by atoms with E-state index in [0.717, 1.165) is 22.6 Å². The maximum atomic E-state index is 12.5. The van der Waals surface area contributed by atoms with Crippen LogP contribution >= 0.6 is 0 Å². The van der Waals surface area contributed by atoms with Gasteiger partial charge in [-0.1, -0.05) is 6.07 Å². The average Bonchev–Trinajstić information content (AvgIpc) is 3.53. The molecule has 2 atom stereocenters. The predicted molar refractivity (Wildman–Crippen MR) is 104 cm³/mol. The van der Waals surface area contributed by atoms with Gasteiger partial charge in [-0.15, -0.1) is 0 Å². The molecule has 27 heavy (non-hydrogen) atoms. The lowest BCUT2D eigenvalue weighted by Gasteiger charge is -2.21. The zero-order chi connectivity index (χ0) is 19.2. The molecule has 0 aliphatic heterocycles. The van der Waals surface area contributed by atoms with Crippen LogP contribution in [0.1, 0.15) is 43.0 Å². The van der Waals surface area contributed by atoms with E-state index in [4.69, 9.17) is 9.47 Å². The number of hydrogen-bond donors (Lipinski definition) is 2. The second kappa shape index (κ2) is 8.86. The van der Waals surface area contributed by atoms with Gasteiger partial charge in [0.1, 0.15) is 11.5 Å². The molecule has 0 unspecified atom stereocenters. The Morgan fingerprint density at radius 2 is 2.07 bits per heavy atom. The van der Waals surface area contributed by atoms with Crippen LogP contribution in [0.25, 0.3) is 0 Å².